The third-order valence-corrected chi connectivity index (χ3v) is 2.20. The molecular formula is C8H5Cl3F2. The van der Waals surface area contributed by atoms with Gasteiger partial charge in [0.1, 0.15) is 0 Å². The Morgan fingerprint density at radius 3 is 1.77 bits per heavy atom. The second kappa shape index (κ2) is 3.60. The zero-order chi connectivity index (χ0) is 10.1. The Hall–Kier alpha value is -0.0500. The van der Waals surface area contributed by atoms with Crippen LogP contribution < -0.4 is 0 Å². The zero-order valence-electron chi connectivity index (χ0n) is 6.28. The summed E-state index contributed by atoms with van der Waals surface area (Å²) in [6, 6.07) is 6.95. The summed E-state index contributed by atoms with van der Waals surface area (Å²) in [7, 11) is 0. The second-order valence-electron chi connectivity index (χ2n) is 2.44. The van der Waals surface area contributed by atoms with E-state index in [0.29, 0.717) is 0 Å². The summed E-state index contributed by atoms with van der Waals surface area (Å²) in [5.41, 5.74) is -0.310. The minimum Gasteiger partial charge on any atom is -0.196 e. The highest BCUT2D eigenvalue weighted by atomic mass is 35.6. The molecular weight excluding hydrogens is 240 g/mol. The van der Waals surface area contributed by atoms with Gasteiger partial charge in [0, 0.05) is 5.56 Å². The van der Waals surface area contributed by atoms with Gasteiger partial charge in [-0.3, -0.25) is 0 Å². The van der Waals surface area contributed by atoms with Crippen LogP contribution >= 0.6 is 34.8 Å². The van der Waals surface area contributed by atoms with E-state index in [1.54, 1.807) is 6.07 Å². The van der Waals surface area contributed by atoms with Crippen LogP contribution in [0.25, 0.3) is 0 Å². The second-order valence-corrected chi connectivity index (χ2v) is 4.72. The van der Waals surface area contributed by atoms with Gasteiger partial charge in [0.2, 0.25) is 0 Å². The molecule has 0 atom stereocenters. The third-order valence-electron chi connectivity index (χ3n) is 1.49. The van der Waals surface area contributed by atoms with Crippen LogP contribution in [0, 0.1) is 0 Å². The first-order chi connectivity index (χ1) is 5.86. The molecule has 72 valence electrons. The van der Waals surface area contributed by atoms with Crippen molar-refractivity contribution in [3.63, 3.8) is 0 Å². The molecule has 0 N–H and O–H groups in total. The maximum absolute atomic E-state index is 13.3. The molecule has 1 aromatic carbocycles. The van der Waals surface area contributed by atoms with E-state index in [9.17, 15) is 8.78 Å². The van der Waals surface area contributed by atoms with Gasteiger partial charge in [-0.1, -0.05) is 65.1 Å². The van der Waals surface area contributed by atoms with Gasteiger partial charge in [-0.2, -0.15) is 8.78 Å². The molecule has 5 heteroatoms. The molecule has 0 saturated carbocycles. The fraction of sp³-hybridized carbons (Fsp3) is 0.250. The lowest BCUT2D eigenvalue weighted by molar-refractivity contribution is -0.0000930. The summed E-state index contributed by atoms with van der Waals surface area (Å²) in [5, 5.41) is 0. The van der Waals surface area contributed by atoms with E-state index in [0.717, 1.165) is 0 Å². The number of hydrogen-bond donors (Lipinski definition) is 0. The minimum atomic E-state index is -3.47. The van der Waals surface area contributed by atoms with E-state index in [2.05, 4.69) is 0 Å². The SMILES string of the molecule is FC(F)(c1ccccc1)C(Cl)(Cl)Cl. The molecule has 0 saturated heterocycles. The molecule has 0 aliphatic rings. The highest BCUT2D eigenvalue weighted by molar-refractivity contribution is 6.68. The van der Waals surface area contributed by atoms with Crippen LogP contribution in [0.2, 0.25) is 0 Å². The molecule has 0 unspecified atom stereocenters. The van der Waals surface area contributed by atoms with Crippen LogP contribution in [-0.4, -0.2) is 3.79 Å². The lowest BCUT2D eigenvalue weighted by atomic mass is 10.1. The average Bonchev–Trinajstić information content (AvgIpc) is 2.04. The molecule has 0 aliphatic carbocycles. The van der Waals surface area contributed by atoms with Crippen molar-refractivity contribution in [3.05, 3.63) is 35.9 Å². The van der Waals surface area contributed by atoms with Crippen molar-refractivity contribution < 1.29 is 8.78 Å². The maximum atomic E-state index is 13.3. The quantitative estimate of drug-likeness (QED) is 0.652. The first kappa shape index (κ1) is 11.0. The van der Waals surface area contributed by atoms with Crippen LogP contribution in [-0.2, 0) is 5.92 Å². The topological polar surface area (TPSA) is 0 Å². The fourth-order valence-electron chi connectivity index (χ4n) is 0.811. The normalized spacial score (nSPS) is 13.0. The zero-order valence-corrected chi connectivity index (χ0v) is 8.54. The molecule has 13 heavy (non-hydrogen) atoms. The maximum Gasteiger partial charge on any atom is 0.319 e. The van der Waals surface area contributed by atoms with E-state index in [1.807, 2.05) is 0 Å². The molecule has 0 heterocycles. The Morgan fingerprint density at radius 1 is 0.923 bits per heavy atom. The van der Waals surface area contributed by atoms with Gasteiger partial charge in [0.15, 0.2) is 0 Å². The van der Waals surface area contributed by atoms with Crippen LogP contribution in [0.1, 0.15) is 5.56 Å². The Morgan fingerprint density at radius 2 is 1.38 bits per heavy atom. The van der Waals surface area contributed by atoms with Gasteiger partial charge in [-0.25, -0.2) is 0 Å². The smallest absolute Gasteiger partial charge is 0.196 e. The van der Waals surface area contributed by atoms with Crippen molar-refractivity contribution in [2.45, 2.75) is 9.72 Å². The predicted octanol–water partition coefficient (Wildman–Crippen LogP) is 4.15. The van der Waals surface area contributed by atoms with Gasteiger partial charge in [0.25, 0.3) is 3.79 Å². The molecule has 0 spiro atoms. The number of hydrogen-bond acceptors (Lipinski definition) is 0. The lowest BCUT2D eigenvalue weighted by Gasteiger charge is -2.23. The van der Waals surface area contributed by atoms with Crippen molar-refractivity contribution >= 4 is 34.8 Å². The first-order valence-electron chi connectivity index (χ1n) is 3.36. The van der Waals surface area contributed by atoms with Crippen molar-refractivity contribution in [1.82, 2.24) is 0 Å². The number of benzene rings is 1. The minimum absolute atomic E-state index is 0.310. The van der Waals surface area contributed by atoms with E-state index < -0.39 is 9.72 Å². The van der Waals surface area contributed by atoms with Gasteiger partial charge in [-0.05, 0) is 0 Å². The fourth-order valence-corrected chi connectivity index (χ4v) is 1.14. The van der Waals surface area contributed by atoms with Gasteiger partial charge < -0.3 is 0 Å². The van der Waals surface area contributed by atoms with E-state index in [4.69, 9.17) is 34.8 Å². The van der Waals surface area contributed by atoms with Crippen molar-refractivity contribution in [2.75, 3.05) is 0 Å². The molecule has 0 nitrogen and oxygen atoms in total. The van der Waals surface area contributed by atoms with E-state index in [1.165, 1.54) is 24.3 Å². The van der Waals surface area contributed by atoms with E-state index in [-0.39, 0.29) is 5.56 Å². The Kier molecular flexibility index (Phi) is 3.05. The van der Waals surface area contributed by atoms with Gasteiger partial charge >= 0.3 is 5.92 Å². The monoisotopic (exact) mass is 244 g/mol. The first-order valence-corrected chi connectivity index (χ1v) is 4.49. The molecule has 0 aliphatic heterocycles. The summed E-state index contributed by atoms with van der Waals surface area (Å²) in [6.07, 6.45) is 0. The van der Waals surface area contributed by atoms with Crippen LogP contribution in [0.3, 0.4) is 0 Å². The number of rotatable bonds is 1. The van der Waals surface area contributed by atoms with Crippen molar-refractivity contribution in [2.24, 2.45) is 0 Å². The van der Waals surface area contributed by atoms with Gasteiger partial charge in [0.05, 0.1) is 0 Å². The average molecular weight is 245 g/mol. The predicted molar refractivity (Wildman–Crippen MR) is 50.6 cm³/mol. The van der Waals surface area contributed by atoms with Crippen LogP contribution in [0.15, 0.2) is 30.3 Å². The summed E-state index contributed by atoms with van der Waals surface area (Å²) in [4.78, 5) is 0. The Balaban J connectivity index is 3.08. The van der Waals surface area contributed by atoms with Gasteiger partial charge in [-0.15, -0.1) is 0 Å². The van der Waals surface area contributed by atoms with Crippen LogP contribution in [0.4, 0.5) is 8.78 Å². The van der Waals surface area contributed by atoms with Crippen molar-refractivity contribution in [3.8, 4) is 0 Å². The lowest BCUT2D eigenvalue weighted by Crippen LogP contribution is -2.30. The number of halogens is 5. The van der Waals surface area contributed by atoms with E-state index >= 15 is 0 Å². The summed E-state index contributed by atoms with van der Waals surface area (Å²) in [6.45, 7) is 0. The molecule has 0 bridgehead atoms. The Labute approximate surface area is 89.4 Å². The summed E-state index contributed by atoms with van der Waals surface area (Å²) >= 11 is 15.4. The third kappa shape index (κ3) is 2.25. The highest BCUT2D eigenvalue weighted by Gasteiger charge is 2.51. The molecule has 0 aromatic heterocycles. The summed E-state index contributed by atoms with van der Waals surface area (Å²) in [5.74, 6) is -3.47. The molecule has 0 fully saturated rings. The standard InChI is InChI=1S/C8H5Cl3F2/c9-8(10,11)7(12,13)6-4-2-1-3-5-6/h1-5H. The largest absolute Gasteiger partial charge is 0.319 e. The molecule has 0 radical (unpaired) electrons. The molecule has 1 aromatic rings. The summed E-state index contributed by atoms with van der Waals surface area (Å²) < 4.78 is 23.9. The van der Waals surface area contributed by atoms with Crippen molar-refractivity contribution in [1.29, 1.82) is 0 Å². The molecule has 1 rings (SSSR count). The Bertz CT molecular complexity index is 279. The highest BCUT2D eigenvalue weighted by Crippen LogP contribution is 2.48. The van der Waals surface area contributed by atoms with Crippen LogP contribution in [0.5, 0.6) is 0 Å². The molecule has 0 amide bonds. The number of alkyl halides is 5.